The number of carbonyl (C=O) groups is 1. The minimum atomic E-state index is -0.493. The molecule has 0 heterocycles. The lowest BCUT2D eigenvalue weighted by Crippen LogP contribution is -2.12. The predicted molar refractivity (Wildman–Crippen MR) is 84.7 cm³/mol. The van der Waals surface area contributed by atoms with Gasteiger partial charge in [-0.1, -0.05) is 11.6 Å². The Morgan fingerprint density at radius 3 is 2.71 bits per heavy atom. The Kier molecular flexibility index (Phi) is 5.20. The van der Waals surface area contributed by atoms with Crippen molar-refractivity contribution in [1.82, 2.24) is 0 Å². The van der Waals surface area contributed by atoms with Crippen molar-refractivity contribution in [3.63, 3.8) is 0 Å². The SMILES string of the molecule is CCOc1ccc(NC(=O)c2ccc(Br)c(F)c2)cc1Cl. The van der Waals surface area contributed by atoms with Crippen LogP contribution in [0.1, 0.15) is 17.3 Å². The van der Waals surface area contributed by atoms with Crippen LogP contribution in [-0.2, 0) is 0 Å². The van der Waals surface area contributed by atoms with Crippen LogP contribution in [0, 0.1) is 5.82 Å². The first-order chi connectivity index (χ1) is 10.0. The number of benzene rings is 2. The third-order valence-corrected chi connectivity index (χ3v) is 3.61. The zero-order chi connectivity index (χ0) is 15.4. The van der Waals surface area contributed by atoms with Crippen LogP contribution in [-0.4, -0.2) is 12.5 Å². The largest absolute Gasteiger partial charge is 0.492 e. The number of amides is 1. The molecule has 6 heteroatoms. The molecule has 0 aromatic heterocycles. The maximum atomic E-state index is 13.4. The summed E-state index contributed by atoms with van der Waals surface area (Å²) in [5, 5.41) is 3.05. The van der Waals surface area contributed by atoms with Crippen LogP contribution in [0.2, 0.25) is 5.02 Å². The highest BCUT2D eigenvalue weighted by atomic mass is 79.9. The van der Waals surface area contributed by atoms with Gasteiger partial charge < -0.3 is 10.1 Å². The van der Waals surface area contributed by atoms with Gasteiger partial charge in [0.25, 0.3) is 5.91 Å². The molecule has 0 spiro atoms. The summed E-state index contributed by atoms with van der Waals surface area (Å²) in [5.41, 5.74) is 0.734. The van der Waals surface area contributed by atoms with Gasteiger partial charge >= 0.3 is 0 Å². The average molecular weight is 373 g/mol. The maximum absolute atomic E-state index is 13.4. The van der Waals surface area contributed by atoms with Gasteiger partial charge in [0.05, 0.1) is 16.1 Å². The maximum Gasteiger partial charge on any atom is 0.255 e. The van der Waals surface area contributed by atoms with Gasteiger partial charge in [-0.2, -0.15) is 0 Å². The fourth-order valence-electron chi connectivity index (χ4n) is 1.69. The second-order valence-electron chi connectivity index (χ2n) is 4.16. The van der Waals surface area contributed by atoms with Crippen LogP contribution >= 0.6 is 27.5 Å². The zero-order valence-corrected chi connectivity index (χ0v) is 13.5. The second-order valence-corrected chi connectivity index (χ2v) is 5.42. The molecule has 0 radical (unpaired) electrons. The third kappa shape index (κ3) is 3.95. The van der Waals surface area contributed by atoms with Crippen LogP contribution in [0.3, 0.4) is 0 Å². The van der Waals surface area contributed by atoms with Gasteiger partial charge in [-0.05, 0) is 59.3 Å². The molecule has 1 N–H and O–H groups in total. The smallest absolute Gasteiger partial charge is 0.255 e. The topological polar surface area (TPSA) is 38.3 Å². The summed E-state index contributed by atoms with van der Waals surface area (Å²) in [5.74, 6) is -0.360. The molecule has 21 heavy (non-hydrogen) atoms. The van der Waals surface area contributed by atoms with Crippen molar-refractivity contribution in [1.29, 1.82) is 0 Å². The molecule has 1 amide bonds. The second kappa shape index (κ2) is 6.91. The van der Waals surface area contributed by atoms with Crippen LogP contribution in [0.25, 0.3) is 0 Å². The lowest BCUT2D eigenvalue weighted by Gasteiger charge is -2.09. The van der Waals surface area contributed by atoms with Gasteiger partial charge in [0, 0.05) is 11.3 Å². The van der Waals surface area contributed by atoms with E-state index in [9.17, 15) is 9.18 Å². The lowest BCUT2D eigenvalue weighted by atomic mass is 10.2. The summed E-state index contributed by atoms with van der Waals surface area (Å²) in [4.78, 5) is 12.0. The Morgan fingerprint density at radius 2 is 2.10 bits per heavy atom. The number of rotatable bonds is 4. The Hall–Kier alpha value is -1.59. The quantitative estimate of drug-likeness (QED) is 0.829. The van der Waals surface area contributed by atoms with E-state index in [1.54, 1.807) is 18.2 Å². The van der Waals surface area contributed by atoms with Gasteiger partial charge in [-0.15, -0.1) is 0 Å². The highest BCUT2D eigenvalue weighted by molar-refractivity contribution is 9.10. The Morgan fingerprint density at radius 1 is 1.33 bits per heavy atom. The van der Waals surface area contributed by atoms with Crippen molar-refractivity contribution in [2.75, 3.05) is 11.9 Å². The van der Waals surface area contributed by atoms with E-state index in [4.69, 9.17) is 16.3 Å². The number of hydrogen-bond acceptors (Lipinski definition) is 2. The monoisotopic (exact) mass is 371 g/mol. The molecule has 0 atom stereocenters. The summed E-state index contributed by atoms with van der Waals surface area (Å²) < 4.78 is 19.0. The third-order valence-electron chi connectivity index (χ3n) is 2.67. The molecule has 0 bridgehead atoms. The van der Waals surface area contributed by atoms with Crippen LogP contribution in [0.15, 0.2) is 40.9 Å². The first kappa shape index (κ1) is 15.8. The summed E-state index contributed by atoms with van der Waals surface area (Å²) >= 11 is 9.08. The fourth-order valence-corrected chi connectivity index (χ4v) is 2.17. The van der Waals surface area contributed by atoms with Crippen molar-refractivity contribution in [3.8, 4) is 5.75 Å². The molecular formula is C15H12BrClFNO2. The van der Waals surface area contributed by atoms with Crippen molar-refractivity contribution in [2.24, 2.45) is 0 Å². The number of anilines is 1. The molecule has 0 saturated carbocycles. The molecule has 2 aromatic rings. The van der Waals surface area contributed by atoms with Crippen molar-refractivity contribution in [2.45, 2.75) is 6.92 Å². The Labute approximate surface area is 135 Å². The summed E-state index contributed by atoms with van der Waals surface area (Å²) in [6.45, 7) is 2.36. The van der Waals surface area contributed by atoms with E-state index in [1.165, 1.54) is 12.1 Å². The summed E-state index contributed by atoms with van der Waals surface area (Å²) in [6.07, 6.45) is 0. The lowest BCUT2D eigenvalue weighted by molar-refractivity contribution is 0.102. The molecule has 0 saturated heterocycles. The predicted octanol–water partition coefficient (Wildman–Crippen LogP) is 4.89. The van der Waals surface area contributed by atoms with Gasteiger partial charge in [0.15, 0.2) is 0 Å². The Bertz CT molecular complexity index is 679. The number of halogens is 3. The average Bonchev–Trinajstić information content (AvgIpc) is 2.45. The van der Waals surface area contributed by atoms with Gasteiger partial charge in [0.2, 0.25) is 0 Å². The van der Waals surface area contributed by atoms with E-state index >= 15 is 0 Å². The van der Waals surface area contributed by atoms with Crippen molar-refractivity contribution < 1.29 is 13.9 Å². The van der Waals surface area contributed by atoms with Crippen molar-refractivity contribution >= 4 is 39.1 Å². The molecule has 0 aliphatic rings. The summed E-state index contributed by atoms with van der Waals surface area (Å²) in [6, 6.07) is 9.09. The molecule has 0 aliphatic carbocycles. The highest BCUT2D eigenvalue weighted by Gasteiger charge is 2.10. The molecule has 0 aliphatic heterocycles. The Balaban J connectivity index is 2.15. The minimum Gasteiger partial charge on any atom is -0.492 e. The van der Waals surface area contributed by atoms with E-state index in [1.807, 2.05) is 6.92 Å². The van der Waals surface area contributed by atoms with E-state index < -0.39 is 11.7 Å². The number of nitrogens with one attached hydrogen (secondary N) is 1. The van der Waals surface area contributed by atoms with E-state index in [0.29, 0.717) is 27.5 Å². The van der Waals surface area contributed by atoms with E-state index in [0.717, 1.165) is 6.07 Å². The van der Waals surface area contributed by atoms with Gasteiger partial charge in [-0.3, -0.25) is 4.79 Å². The first-order valence-corrected chi connectivity index (χ1v) is 7.37. The van der Waals surface area contributed by atoms with Crippen LogP contribution < -0.4 is 10.1 Å². The normalized spacial score (nSPS) is 10.3. The molecule has 2 rings (SSSR count). The minimum absolute atomic E-state index is 0.223. The van der Waals surface area contributed by atoms with Gasteiger partial charge in [-0.25, -0.2) is 4.39 Å². The molecule has 2 aromatic carbocycles. The molecule has 3 nitrogen and oxygen atoms in total. The molecule has 0 fully saturated rings. The van der Waals surface area contributed by atoms with Crippen LogP contribution in [0.5, 0.6) is 5.75 Å². The number of ether oxygens (including phenoxy) is 1. The van der Waals surface area contributed by atoms with Gasteiger partial charge in [0.1, 0.15) is 11.6 Å². The summed E-state index contributed by atoms with van der Waals surface area (Å²) in [7, 11) is 0. The van der Waals surface area contributed by atoms with E-state index in [2.05, 4.69) is 21.2 Å². The fraction of sp³-hybridized carbons (Fsp3) is 0.133. The van der Waals surface area contributed by atoms with E-state index in [-0.39, 0.29) is 5.56 Å². The van der Waals surface area contributed by atoms with Crippen molar-refractivity contribution in [3.05, 3.63) is 57.3 Å². The van der Waals surface area contributed by atoms with Crippen LogP contribution in [0.4, 0.5) is 10.1 Å². The first-order valence-electron chi connectivity index (χ1n) is 6.20. The molecular weight excluding hydrogens is 361 g/mol. The standard InChI is InChI=1S/C15H12BrClFNO2/c1-2-21-14-6-4-10(8-12(14)17)19-15(20)9-3-5-11(16)13(18)7-9/h3-8H,2H2,1H3,(H,19,20). The highest BCUT2D eigenvalue weighted by Crippen LogP contribution is 2.28. The zero-order valence-electron chi connectivity index (χ0n) is 11.1. The number of hydrogen-bond donors (Lipinski definition) is 1. The molecule has 110 valence electrons. The molecule has 0 unspecified atom stereocenters. The number of carbonyl (C=O) groups excluding carboxylic acids is 1.